The molecule has 1 aliphatic carbocycles. The summed E-state index contributed by atoms with van der Waals surface area (Å²) in [6.45, 7) is 3.38. The first kappa shape index (κ1) is 19.7. The first-order valence-corrected chi connectivity index (χ1v) is 9.98. The van der Waals surface area contributed by atoms with Crippen molar-refractivity contribution in [1.82, 2.24) is 4.90 Å². The third-order valence-corrected chi connectivity index (χ3v) is 5.17. The molecule has 130 valence electrons. The number of unbranched alkanes of at least 4 members (excludes halogenated alkanes) is 10. The molecule has 0 bridgehead atoms. The van der Waals surface area contributed by atoms with E-state index in [0.717, 1.165) is 25.8 Å². The Morgan fingerprint density at radius 3 is 1.95 bits per heavy atom. The van der Waals surface area contributed by atoms with Gasteiger partial charge in [0.15, 0.2) is 0 Å². The Morgan fingerprint density at radius 2 is 1.41 bits per heavy atom. The van der Waals surface area contributed by atoms with E-state index in [4.69, 9.17) is 0 Å². The number of hydrogen-bond donors (Lipinski definition) is 0. The third-order valence-electron chi connectivity index (χ3n) is 5.17. The average molecular weight is 310 g/mol. The van der Waals surface area contributed by atoms with Crippen LogP contribution in [-0.2, 0) is 4.79 Å². The topological polar surface area (TPSA) is 20.3 Å². The summed E-state index contributed by atoms with van der Waals surface area (Å²) < 4.78 is 0. The molecule has 1 rings (SSSR count). The highest BCUT2D eigenvalue weighted by Crippen LogP contribution is 2.19. The van der Waals surface area contributed by atoms with Crippen LogP contribution in [0.25, 0.3) is 0 Å². The van der Waals surface area contributed by atoms with Crippen molar-refractivity contribution in [1.29, 1.82) is 0 Å². The normalized spacial score (nSPS) is 19.0. The summed E-state index contributed by atoms with van der Waals surface area (Å²) in [5.41, 5.74) is 0. The molecule has 1 saturated carbocycles. The van der Waals surface area contributed by atoms with E-state index in [1.54, 1.807) is 0 Å². The van der Waals surface area contributed by atoms with Crippen molar-refractivity contribution < 1.29 is 4.79 Å². The Bertz CT molecular complexity index is 277. The average Bonchev–Trinajstić information content (AvgIpc) is 2.53. The van der Waals surface area contributed by atoms with Gasteiger partial charge in [0.05, 0.1) is 6.04 Å². The van der Waals surface area contributed by atoms with Crippen molar-refractivity contribution in [2.75, 3.05) is 13.6 Å². The van der Waals surface area contributed by atoms with Crippen molar-refractivity contribution >= 4 is 5.78 Å². The first-order valence-electron chi connectivity index (χ1n) is 9.98. The van der Waals surface area contributed by atoms with E-state index < -0.39 is 0 Å². The van der Waals surface area contributed by atoms with Gasteiger partial charge in [-0.05, 0) is 32.9 Å². The molecule has 1 aliphatic rings. The van der Waals surface area contributed by atoms with Crippen LogP contribution in [0.1, 0.15) is 103 Å². The van der Waals surface area contributed by atoms with Crippen LogP contribution in [0.2, 0.25) is 0 Å². The zero-order valence-corrected chi connectivity index (χ0v) is 15.2. The molecule has 0 amide bonds. The van der Waals surface area contributed by atoms with E-state index >= 15 is 0 Å². The van der Waals surface area contributed by atoms with Crippen LogP contribution in [0.15, 0.2) is 0 Å². The van der Waals surface area contributed by atoms with E-state index in [2.05, 4.69) is 18.9 Å². The van der Waals surface area contributed by atoms with E-state index in [9.17, 15) is 4.79 Å². The molecule has 0 spiro atoms. The van der Waals surface area contributed by atoms with Gasteiger partial charge < -0.3 is 0 Å². The lowest BCUT2D eigenvalue weighted by Gasteiger charge is -2.29. The number of hydrogen-bond acceptors (Lipinski definition) is 2. The summed E-state index contributed by atoms with van der Waals surface area (Å²) in [6.07, 6.45) is 19.5. The van der Waals surface area contributed by atoms with Gasteiger partial charge in [-0.3, -0.25) is 9.69 Å². The molecule has 2 nitrogen and oxygen atoms in total. The smallest absolute Gasteiger partial charge is 0.149 e. The highest BCUT2D eigenvalue weighted by Gasteiger charge is 2.25. The van der Waals surface area contributed by atoms with Crippen molar-refractivity contribution in [2.24, 2.45) is 0 Å². The van der Waals surface area contributed by atoms with Gasteiger partial charge in [0.25, 0.3) is 0 Å². The summed E-state index contributed by atoms with van der Waals surface area (Å²) in [6, 6.07) is 0.233. The Kier molecular flexibility index (Phi) is 11.7. The summed E-state index contributed by atoms with van der Waals surface area (Å²) >= 11 is 0. The van der Waals surface area contributed by atoms with Crippen molar-refractivity contribution in [2.45, 2.75) is 109 Å². The second-order valence-corrected chi connectivity index (χ2v) is 7.24. The number of likely N-dealkylation sites (N-methyl/N-ethyl adjacent to an activating group) is 1. The molecule has 22 heavy (non-hydrogen) atoms. The van der Waals surface area contributed by atoms with Crippen LogP contribution < -0.4 is 0 Å². The van der Waals surface area contributed by atoms with Gasteiger partial charge in [0.2, 0.25) is 0 Å². The van der Waals surface area contributed by atoms with Gasteiger partial charge in [-0.15, -0.1) is 0 Å². The predicted molar refractivity (Wildman–Crippen MR) is 96.4 cm³/mol. The summed E-state index contributed by atoms with van der Waals surface area (Å²) in [5.74, 6) is 0.483. The maximum absolute atomic E-state index is 11.9. The zero-order chi connectivity index (χ0) is 16.0. The highest BCUT2D eigenvalue weighted by atomic mass is 16.1. The van der Waals surface area contributed by atoms with Crippen molar-refractivity contribution in [3.63, 3.8) is 0 Å². The molecule has 1 atom stereocenters. The minimum atomic E-state index is 0.233. The van der Waals surface area contributed by atoms with E-state index in [0.29, 0.717) is 5.78 Å². The molecular formula is C20H39NO. The molecule has 0 aromatic rings. The Balaban J connectivity index is 1.87. The van der Waals surface area contributed by atoms with Gasteiger partial charge in [-0.1, -0.05) is 77.6 Å². The van der Waals surface area contributed by atoms with E-state index in [1.807, 2.05) is 0 Å². The largest absolute Gasteiger partial charge is 0.298 e. The molecule has 1 fully saturated rings. The summed E-state index contributed by atoms with van der Waals surface area (Å²) in [7, 11) is 2.14. The molecular weight excluding hydrogens is 270 g/mol. The number of rotatable bonds is 13. The molecule has 0 aromatic carbocycles. The second kappa shape index (κ2) is 13.1. The highest BCUT2D eigenvalue weighted by molar-refractivity contribution is 5.84. The van der Waals surface area contributed by atoms with Gasteiger partial charge >= 0.3 is 0 Å². The minimum Gasteiger partial charge on any atom is -0.298 e. The van der Waals surface area contributed by atoms with Gasteiger partial charge in [0.1, 0.15) is 5.78 Å². The summed E-state index contributed by atoms with van der Waals surface area (Å²) in [5, 5.41) is 0. The first-order chi connectivity index (χ1) is 10.8. The molecule has 2 heteroatoms. The van der Waals surface area contributed by atoms with Gasteiger partial charge in [-0.25, -0.2) is 0 Å². The molecule has 0 radical (unpaired) electrons. The predicted octanol–water partition coefficient (Wildman–Crippen LogP) is 5.74. The van der Waals surface area contributed by atoms with E-state index in [-0.39, 0.29) is 6.04 Å². The van der Waals surface area contributed by atoms with Crippen molar-refractivity contribution in [3.8, 4) is 0 Å². The molecule has 0 N–H and O–H groups in total. The number of ketones is 1. The molecule has 1 unspecified atom stereocenters. The van der Waals surface area contributed by atoms with Crippen LogP contribution in [0.5, 0.6) is 0 Å². The number of carbonyl (C=O) groups excluding carboxylic acids is 1. The minimum absolute atomic E-state index is 0.233. The third kappa shape index (κ3) is 8.92. The van der Waals surface area contributed by atoms with Gasteiger partial charge in [0, 0.05) is 6.42 Å². The molecule has 0 saturated heterocycles. The van der Waals surface area contributed by atoms with Crippen LogP contribution in [0, 0.1) is 0 Å². The fourth-order valence-corrected chi connectivity index (χ4v) is 3.61. The summed E-state index contributed by atoms with van der Waals surface area (Å²) in [4.78, 5) is 14.2. The monoisotopic (exact) mass is 309 g/mol. The standard InChI is InChI=1S/C20H39NO/c1-3-4-5-6-7-8-9-10-11-12-15-18-21(2)19-16-13-14-17-20(19)22/h19H,3-18H2,1-2H3. The lowest BCUT2D eigenvalue weighted by Crippen LogP contribution is -2.40. The lowest BCUT2D eigenvalue weighted by atomic mass is 9.93. The van der Waals surface area contributed by atoms with Crippen LogP contribution in [0.4, 0.5) is 0 Å². The number of carbonyl (C=O) groups is 1. The van der Waals surface area contributed by atoms with Crippen LogP contribution in [0.3, 0.4) is 0 Å². The maximum atomic E-state index is 11.9. The molecule has 0 aliphatic heterocycles. The fraction of sp³-hybridized carbons (Fsp3) is 0.950. The fourth-order valence-electron chi connectivity index (χ4n) is 3.61. The second-order valence-electron chi connectivity index (χ2n) is 7.24. The Labute approximate surface area is 139 Å². The molecule has 0 aromatic heterocycles. The SMILES string of the molecule is CCCCCCCCCCCCCN(C)C1CCCCC1=O. The maximum Gasteiger partial charge on any atom is 0.149 e. The lowest BCUT2D eigenvalue weighted by molar-refractivity contribution is -0.125. The Morgan fingerprint density at radius 1 is 0.864 bits per heavy atom. The van der Waals surface area contributed by atoms with Crippen LogP contribution >= 0.6 is 0 Å². The number of Topliss-reactive ketones (excluding diaryl/α,β-unsaturated/α-hetero) is 1. The van der Waals surface area contributed by atoms with E-state index in [1.165, 1.54) is 77.0 Å². The van der Waals surface area contributed by atoms with Crippen LogP contribution in [-0.4, -0.2) is 30.3 Å². The molecule has 0 heterocycles. The number of nitrogens with zero attached hydrogens (tertiary/aromatic N) is 1. The Hall–Kier alpha value is -0.370. The zero-order valence-electron chi connectivity index (χ0n) is 15.2. The quantitative estimate of drug-likeness (QED) is 0.404. The van der Waals surface area contributed by atoms with Crippen molar-refractivity contribution in [3.05, 3.63) is 0 Å². The van der Waals surface area contributed by atoms with Gasteiger partial charge in [-0.2, -0.15) is 0 Å².